The van der Waals surface area contributed by atoms with E-state index in [1.807, 2.05) is 39.8 Å². The minimum Gasteiger partial charge on any atom is -0.477 e. The van der Waals surface area contributed by atoms with Gasteiger partial charge in [-0.25, -0.2) is 8.42 Å². The fourth-order valence-electron chi connectivity index (χ4n) is 5.00. The van der Waals surface area contributed by atoms with Crippen LogP contribution in [-0.2, 0) is 19.6 Å². The first-order valence-electron chi connectivity index (χ1n) is 11.9. The SMILES string of the molecule is CNC(=O)C1CN(C(=O)C2CCN(S(=O)(=O)c3c(C)c(C)cc(C)c3C)CC2)c2ccccc2O1. The summed E-state index contributed by atoms with van der Waals surface area (Å²) in [6, 6.07) is 9.19. The van der Waals surface area contributed by atoms with Crippen LogP contribution in [0.3, 0.4) is 0 Å². The third-order valence-electron chi connectivity index (χ3n) is 7.28. The van der Waals surface area contributed by atoms with Gasteiger partial charge in [0.25, 0.3) is 5.91 Å². The number of aryl methyl sites for hydroxylation is 2. The fraction of sp³-hybridized carbons (Fsp3) is 0.462. The van der Waals surface area contributed by atoms with Gasteiger partial charge < -0.3 is 15.0 Å². The summed E-state index contributed by atoms with van der Waals surface area (Å²) in [5.41, 5.74) is 4.09. The van der Waals surface area contributed by atoms with Crippen molar-refractivity contribution in [2.24, 2.45) is 5.92 Å². The smallest absolute Gasteiger partial charge is 0.262 e. The number of amides is 2. The number of nitrogens with one attached hydrogen (secondary N) is 1. The van der Waals surface area contributed by atoms with Crippen LogP contribution in [0.5, 0.6) is 5.75 Å². The monoisotopic (exact) mass is 499 g/mol. The Labute approximate surface area is 207 Å². The zero-order chi connectivity index (χ0) is 25.5. The average Bonchev–Trinajstić information content (AvgIpc) is 2.86. The van der Waals surface area contributed by atoms with Gasteiger partial charge in [0.2, 0.25) is 15.9 Å². The van der Waals surface area contributed by atoms with Crippen molar-refractivity contribution in [1.82, 2.24) is 9.62 Å². The van der Waals surface area contributed by atoms with Gasteiger partial charge >= 0.3 is 0 Å². The van der Waals surface area contributed by atoms with E-state index in [9.17, 15) is 18.0 Å². The van der Waals surface area contributed by atoms with Crippen molar-refractivity contribution in [3.05, 3.63) is 52.6 Å². The molecule has 1 fully saturated rings. The van der Waals surface area contributed by atoms with Gasteiger partial charge in [-0.15, -0.1) is 0 Å². The molecule has 1 atom stereocenters. The summed E-state index contributed by atoms with van der Waals surface area (Å²) in [4.78, 5) is 27.8. The molecule has 9 heteroatoms. The number of hydrogen-bond donors (Lipinski definition) is 1. The predicted molar refractivity (Wildman–Crippen MR) is 134 cm³/mol. The lowest BCUT2D eigenvalue weighted by Crippen LogP contribution is -2.52. The second-order valence-electron chi connectivity index (χ2n) is 9.41. The van der Waals surface area contributed by atoms with Crippen LogP contribution in [0.2, 0.25) is 0 Å². The van der Waals surface area contributed by atoms with E-state index in [1.165, 1.54) is 11.4 Å². The first kappa shape index (κ1) is 25.2. The van der Waals surface area contributed by atoms with Gasteiger partial charge in [-0.2, -0.15) is 4.31 Å². The number of para-hydroxylation sites is 2. The standard InChI is InChI=1S/C26H33N3O5S/c1-16-14-17(2)19(4)24(18(16)3)35(32,33)28-12-10-20(11-13-28)26(31)29-15-23(25(30)27-5)34-22-9-7-6-8-21(22)29/h6-9,14,20,23H,10-13,15H2,1-5H3,(H,27,30). The highest BCUT2D eigenvalue weighted by molar-refractivity contribution is 7.89. The third kappa shape index (κ3) is 4.54. The zero-order valence-electron chi connectivity index (χ0n) is 20.9. The van der Waals surface area contributed by atoms with E-state index >= 15 is 0 Å². The van der Waals surface area contributed by atoms with Crippen molar-refractivity contribution in [3.8, 4) is 5.75 Å². The highest BCUT2D eigenvalue weighted by Gasteiger charge is 2.39. The lowest BCUT2D eigenvalue weighted by Gasteiger charge is -2.38. The third-order valence-corrected chi connectivity index (χ3v) is 9.45. The van der Waals surface area contributed by atoms with Crippen LogP contribution < -0.4 is 15.0 Å². The maximum absolute atomic E-state index is 13.6. The zero-order valence-corrected chi connectivity index (χ0v) is 21.7. The summed E-state index contributed by atoms with van der Waals surface area (Å²) < 4.78 is 34.5. The van der Waals surface area contributed by atoms with E-state index in [0.717, 1.165) is 22.3 Å². The van der Waals surface area contributed by atoms with Crippen LogP contribution in [0.1, 0.15) is 35.1 Å². The molecule has 0 bridgehead atoms. The number of piperidine rings is 1. The van der Waals surface area contributed by atoms with Crippen LogP contribution in [0.15, 0.2) is 35.2 Å². The van der Waals surface area contributed by atoms with Crippen LogP contribution in [-0.4, -0.2) is 57.3 Å². The number of rotatable bonds is 4. The number of nitrogens with zero attached hydrogens (tertiary/aromatic N) is 2. The van der Waals surface area contributed by atoms with Crippen molar-refractivity contribution in [3.63, 3.8) is 0 Å². The predicted octanol–water partition coefficient (Wildman–Crippen LogP) is 2.86. The summed E-state index contributed by atoms with van der Waals surface area (Å²) in [6.07, 6.45) is 0.0470. The number of benzene rings is 2. The second-order valence-corrected chi connectivity index (χ2v) is 11.3. The number of carbonyl (C=O) groups is 2. The van der Waals surface area contributed by atoms with Crippen LogP contribution in [0.4, 0.5) is 5.69 Å². The molecule has 8 nitrogen and oxygen atoms in total. The molecule has 0 saturated carbocycles. The number of sulfonamides is 1. The maximum atomic E-state index is 13.6. The van der Waals surface area contributed by atoms with Crippen LogP contribution in [0, 0.1) is 33.6 Å². The molecule has 0 aliphatic carbocycles. The first-order valence-corrected chi connectivity index (χ1v) is 13.4. The molecule has 35 heavy (non-hydrogen) atoms. The second kappa shape index (κ2) is 9.62. The van der Waals surface area contributed by atoms with E-state index in [1.54, 1.807) is 23.1 Å². The Kier molecular flexibility index (Phi) is 6.92. The Bertz CT molecular complexity index is 1240. The highest BCUT2D eigenvalue weighted by Crippen LogP contribution is 2.36. The normalized spacial score (nSPS) is 19.1. The molecule has 2 aliphatic heterocycles. The molecular formula is C26H33N3O5S. The van der Waals surface area contributed by atoms with E-state index in [2.05, 4.69) is 5.32 Å². The summed E-state index contributed by atoms with van der Waals surface area (Å²) >= 11 is 0. The number of anilines is 1. The number of likely N-dealkylation sites (N-methyl/N-ethyl adjacent to an activating group) is 1. The van der Waals surface area contributed by atoms with Gasteiger partial charge in [0.15, 0.2) is 6.10 Å². The summed E-state index contributed by atoms with van der Waals surface area (Å²) in [5, 5.41) is 2.58. The van der Waals surface area contributed by atoms with Crippen molar-refractivity contribution in [1.29, 1.82) is 0 Å². The van der Waals surface area contributed by atoms with Crippen molar-refractivity contribution in [2.45, 2.75) is 51.5 Å². The molecule has 2 heterocycles. The van der Waals surface area contributed by atoms with Gasteiger partial charge in [0.1, 0.15) is 5.75 Å². The average molecular weight is 500 g/mol. The molecule has 2 aliphatic rings. The number of carbonyl (C=O) groups excluding carboxylic acids is 2. The molecule has 1 N–H and O–H groups in total. The van der Waals surface area contributed by atoms with Crippen LogP contribution in [0.25, 0.3) is 0 Å². The topological polar surface area (TPSA) is 96.0 Å². The van der Waals surface area contributed by atoms with Gasteiger partial charge in [0, 0.05) is 26.1 Å². The van der Waals surface area contributed by atoms with Crippen molar-refractivity contribution >= 4 is 27.5 Å². The molecule has 0 spiro atoms. The largest absolute Gasteiger partial charge is 0.477 e. The Morgan fingerprint density at radius 1 is 1.00 bits per heavy atom. The summed E-state index contributed by atoms with van der Waals surface area (Å²) in [6.45, 7) is 8.23. The molecule has 0 radical (unpaired) electrons. The molecule has 4 rings (SSSR count). The Morgan fingerprint density at radius 3 is 2.20 bits per heavy atom. The molecule has 2 aromatic rings. The first-order chi connectivity index (χ1) is 16.6. The molecule has 1 saturated heterocycles. The molecule has 0 aromatic heterocycles. The molecule has 1 unspecified atom stereocenters. The summed E-state index contributed by atoms with van der Waals surface area (Å²) in [5.74, 6) is -0.247. The molecule has 188 valence electrons. The molecular weight excluding hydrogens is 466 g/mol. The van der Waals surface area contributed by atoms with E-state index in [4.69, 9.17) is 4.74 Å². The van der Waals surface area contributed by atoms with E-state index in [0.29, 0.717) is 29.2 Å². The lowest BCUT2D eigenvalue weighted by molar-refractivity contribution is -0.128. The maximum Gasteiger partial charge on any atom is 0.262 e. The van der Waals surface area contributed by atoms with Gasteiger partial charge in [-0.1, -0.05) is 18.2 Å². The van der Waals surface area contributed by atoms with Crippen molar-refractivity contribution in [2.75, 3.05) is 31.6 Å². The Hall–Kier alpha value is -2.91. The highest BCUT2D eigenvalue weighted by atomic mass is 32.2. The minimum atomic E-state index is -3.68. The Balaban J connectivity index is 1.53. The van der Waals surface area contributed by atoms with Gasteiger partial charge in [-0.3, -0.25) is 9.59 Å². The van der Waals surface area contributed by atoms with E-state index in [-0.39, 0.29) is 37.4 Å². The van der Waals surface area contributed by atoms with Crippen molar-refractivity contribution < 1.29 is 22.7 Å². The van der Waals surface area contributed by atoms with Gasteiger partial charge in [0.05, 0.1) is 17.1 Å². The summed E-state index contributed by atoms with van der Waals surface area (Å²) in [7, 11) is -2.14. The minimum absolute atomic E-state index is 0.106. The number of ether oxygens (including phenoxy) is 1. The molecule has 2 amide bonds. The lowest BCUT2D eigenvalue weighted by atomic mass is 9.95. The quantitative estimate of drug-likeness (QED) is 0.698. The Morgan fingerprint density at radius 2 is 1.60 bits per heavy atom. The van der Waals surface area contributed by atoms with E-state index < -0.39 is 16.1 Å². The number of fused-ring (bicyclic) bond motifs is 1. The molecule has 2 aromatic carbocycles. The van der Waals surface area contributed by atoms with Crippen LogP contribution >= 0.6 is 0 Å². The van der Waals surface area contributed by atoms with Gasteiger partial charge in [-0.05, 0) is 74.9 Å². The fourth-order valence-corrected chi connectivity index (χ4v) is 7.05. The number of hydrogen-bond acceptors (Lipinski definition) is 5.